The molecule has 0 aliphatic heterocycles. The molecule has 2 rings (SSSR count). The summed E-state index contributed by atoms with van der Waals surface area (Å²) in [6.07, 6.45) is 0.919. The molecule has 0 saturated heterocycles. The maximum Gasteiger partial charge on any atom is 0.273 e. The summed E-state index contributed by atoms with van der Waals surface area (Å²) in [4.78, 5) is 10.6. The maximum atomic E-state index is 10.9. The quantitative estimate of drug-likeness (QED) is 0.498. The van der Waals surface area contributed by atoms with Crippen molar-refractivity contribution in [3.8, 4) is 0 Å². The number of nitro groups is 1. The van der Waals surface area contributed by atoms with Crippen LogP contribution in [-0.2, 0) is 13.0 Å². The minimum Gasteiger partial charge on any atom is -0.312 e. The number of nitrogens with one attached hydrogen (secondary N) is 1. The Bertz CT molecular complexity index is 597. The molecule has 0 unspecified atom stereocenters. The Morgan fingerprint density at radius 2 is 1.95 bits per heavy atom. The molecular formula is C16H18N2O2. The van der Waals surface area contributed by atoms with Gasteiger partial charge in [0, 0.05) is 18.2 Å². The fraction of sp³-hybridized carbons (Fsp3) is 0.250. The van der Waals surface area contributed by atoms with E-state index in [2.05, 4.69) is 30.4 Å². The van der Waals surface area contributed by atoms with E-state index >= 15 is 0 Å². The van der Waals surface area contributed by atoms with Crippen LogP contribution < -0.4 is 5.32 Å². The summed E-state index contributed by atoms with van der Waals surface area (Å²) in [5, 5.41) is 14.2. The molecular weight excluding hydrogens is 252 g/mol. The van der Waals surface area contributed by atoms with E-state index < -0.39 is 0 Å². The highest BCUT2D eigenvalue weighted by Crippen LogP contribution is 2.17. The second-order valence-corrected chi connectivity index (χ2v) is 4.80. The third kappa shape index (κ3) is 3.90. The van der Waals surface area contributed by atoms with Gasteiger partial charge < -0.3 is 5.32 Å². The summed E-state index contributed by atoms with van der Waals surface area (Å²) in [7, 11) is 0. The van der Waals surface area contributed by atoms with Crippen molar-refractivity contribution >= 4 is 5.69 Å². The van der Waals surface area contributed by atoms with Gasteiger partial charge in [-0.1, -0.05) is 48.0 Å². The molecule has 2 aromatic carbocycles. The van der Waals surface area contributed by atoms with Gasteiger partial charge in [0.15, 0.2) is 0 Å². The van der Waals surface area contributed by atoms with Gasteiger partial charge >= 0.3 is 0 Å². The van der Waals surface area contributed by atoms with Crippen LogP contribution in [0.2, 0.25) is 0 Å². The molecule has 0 saturated carbocycles. The van der Waals surface area contributed by atoms with E-state index in [9.17, 15) is 10.1 Å². The molecule has 0 heterocycles. The number of para-hydroxylation sites is 1. The number of aryl methyl sites for hydroxylation is 1. The molecule has 0 amide bonds. The van der Waals surface area contributed by atoms with E-state index in [1.165, 1.54) is 17.2 Å². The maximum absolute atomic E-state index is 10.9. The topological polar surface area (TPSA) is 55.2 Å². The first-order chi connectivity index (χ1) is 9.66. The van der Waals surface area contributed by atoms with Crippen LogP contribution in [-0.4, -0.2) is 11.5 Å². The van der Waals surface area contributed by atoms with Gasteiger partial charge in [-0.15, -0.1) is 0 Å². The van der Waals surface area contributed by atoms with Crippen LogP contribution in [0.3, 0.4) is 0 Å². The highest BCUT2D eigenvalue weighted by Gasteiger charge is 2.11. The molecule has 0 aliphatic carbocycles. The Morgan fingerprint density at radius 3 is 2.70 bits per heavy atom. The molecule has 4 nitrogen and oxygen atoms in total. The van der Waals surface area contributed by atoms with Crippen LogP contribution in [0.4, 0.5) is 5.69 Å². The SMILES string of the molecule is Cc1cccc(CCNCc2ccccc2[N+](=O)[O-])c1. The van der Waals surface area contributed by atoms with Crippen molar-refractivity contribution in [2.75, 3.05) is 6.54 Å². The molecule has 0 bridgehead atoms. The molecule has 0 radical (unpaired) electrons. The standard InChI is InChI=1S/C16H18N2O2/c1-13-5-4-6-14(11-13)9-10-17-12-15-7-2-3-8-16(15)18(19)20/h2-8,11,17H,9-10,12H2,1H3. The number of hydrogen-bond acceptors (Lipinski definition) is 3. The van der Waals surface area contributed by atoms with E-state index in [4.69, 9.17) is 0 Å². The summed E-state index contributed by atoms with van der Waals surface area (Å²) in [6, 6.07) is 15.2. The lowest BCUT2D eigenvalue weighted by Crippen LogP contribution is -2.17. The molecule has 20 heavy (non-hydrogen) atoms. The molecule has 2 aromatic rings. The molecule has 0 fully saturated rings. The molecule has 4 heteroatoms. The molecule has 1 N–H and O–H groups in total. The Morgan fingerprint density at radius 1 is 1.15 bits per heavy atom. The van der Waals surface area contributed by atoms with Crippen molar-refractivity contribution in [1.82, 2.24) is 5.32 Å². The highest BCUT2D eigenvalue weighted by atomic mass is 16.6. The van der Waals surface area contributed by atoms with E-state index in [0.29, 0.717) is 6.54 Å². The molecule has 0 atom stereocenters. The normalized spacial score (nSPS) is 10.4. The van der Waals surface area contributed by atoms with Gasteiger partial charge in [-0.05, 0) is 25.5 Å². The molecule has 0 aromatic heterocycles. The van der Waals surface area contributed by atoms with Crippen molar-refractivity contribution < 1.29 is 4.92 Å². The third-order valence-electron chi connectivity index (χ3n) is 3.18. The zero-order chi connectivity index (χ0) is 14.4. The number of nitrogens with zero attached hydrogens (tertiary/aromatic N) is 1. The Kier molecular flexibility index (Phi) is 4.85. The number of hydrogen-bond donors (Lipinski definition) is 1. The monoisotopic (exact) mass is 270 g/mol. The Hall–Kier alpha value is -2.20. The van der Waals surface area contributed by atoms with E-state index in [1.54, 1.807) is 12.1 Å². The number of rotatable bonds is 6. The number of nitro benzene ring substituents is 1. The predicted molar refractivity (Wildman–Crippen MR) is 79.7 cm³/mol. The lowest BCUT2D eigenvalue weighted by Gasteiger charge is -2.06. The van der Waals surface area contributed by atoms with E-state index in [1.807, 2.05) is 12.1 Å². The summed E-state index contributed by atoms with van der Waals surface area (Å²) in [5.74, 6) is 0. The van der Waals surface area contributed by atoms with Crippen LogP contribution >= 0.6 is 0 Å². The fourth-order valence-electron chi connectivity index (χ4n) is 2.16. The van der Waals surface area contributed by atoms with Gasteiger partial charge in [0.25, 0.3) is 5.69 Å². The average Bonchev–Trinajstić information content (AvgIpc) is 2.44. The van der Waals surface area contributed by atoms with E-state index in [-0.39, 0.29) is 10.6 Å². The van der Waals surface area contributed by atoms with Gasteiger partial charge in [-0.2, -0.15) is 0 Å². The van der Waals surface area contributed by atoms with Crippen molar-refractivity contribution in [2.45, 2.75) is 19.9 Å². The molecule has 0 aliphatic rings. The minimum atomic E-state index is -0.336. The third-order valence-corrected chi connectivity index (χ3v) is 3.18. The first kappa shape index (κ1) is 14.2. The summed E-state index contributed by atoms with van der Waals surface area (Å²) in [6.45, 7) is 3.39. The fourth-order valence-corrected chi connectivity index (χ4v) is 2.16. The van der Waals surface area contributed by atoms with Crippen molar-refractivity contribution in [3.63, 3.8) is 0 Å². The summed E-state index contributed by atoms with van der Waals surface area (Å²) < 4.78 is 0. The first-order valence-electron chi connectivity index (χ1n) is 6.65. The van der Waals surface area contributed by atoms with Gasteiger partial charge in [0.05, 0.1) is 4.92 Å². The van der Waals surface area contributed by atoms with Crippen LogP contribution in [0.25, 0.3) is 0 Å². The van der Waals surface area contributed by atoms with Crippen molar-refractivity contribution in [3.05, 3.63) is 75.3 Å². The van der Waals surface area contributed by atoms with Gasteiger partial charge in [-0.25, -0.2) is 0 Å². The molecule has 104 valence electrons. The second kappa shape index (κ2) is 6.82. The lowest BCUT2D eigenvalue weighted by molar-refractivity contribution is -0.385. The molecule has 0 spiro atoms. The second-order valence-electron chi connectivity index (χ2n) is 4.80. The zero-order valence-corrected chi connectivity index (χ0v) is 11.5. The van der Waals surface area contributed by atoms with Gasteiger partial charge in [-0.3, -0.25) is 10.1 Å². The van der Waals surface area contributed by atoms with E-state index in [0.717, 1.165) is 18.5 Å². The van der Waals surface area contributed by atoms with Crippen LogP contribution in [0.15, 0.2) is 48.5 Å². The Balaban J connectivity index is 1.86. The summed E-state index contributed by atoms with van der Waals surface area (Å²) in [5.41, 5.74) is 3.43. The van der Waals surface area contributed by atoms with Crippen LogP contribution in [0.5, 0.6) is 0 Å². The first-order valence-corrected chi connectivity index (χ1v) is 6.65. The average molecular weight is 270 g/mol. The summed E-state index contributed by atoms with van der Waals surface area (Å²) >= 11 is 0. The highest BCUT2D eigenvalue weighted by molar-refractivity contribution is 5.39. The van der Waals surface area contributed by atoms with Gasteiger partial charge in [0.1, 0.15) is 0 Å². The van der Waals surface area contributed by atoms with Gasteiger partial charge in [0.2, 0.25) is 0 Å². The van der Waals surface area contributed by atoms with Crippen molar-refractivity contribution in [1.29, 1.82) is 0 Å². The lowest BCUT2D eigenvalue weighted by atomic mass is 10.1. The van der Waals surface area contributed by atoms with Crippen LogP contribution in [0, 0.1) is 17.0 Å². The number of benzene rings is 2. The van der Waals surface area contributed by atoms with Crippen molar-refractivity contribution in [2.24, 2.45) is 0 Å². The largest absolute Gasteiger partial charge is 0.312 e. The smallest absolute Gasteiger partial charge is 0.273 e. The predicted octanol–water partition coefficient (Wildman–Crippen LogP) is 3.24. The zero-order valence-electron chi connectivity index (χ0n) is 11.5. The van der Waals surface area contributed by atoms with Crippen LogP contribution in [0.1, 0.15) is 16.7 Å². The minimum absolute atomic E-state index is 0.176. The Labute approximate surface area is 118 Å².